The number of thiophene rings is 1. The van der Waals surface area contributed by atoms with Crippen molar-refractivity contribution < 1.29 is 5.11 Å². The Morgan fingerprint density at radius 3 is 2.78 bits per heavy atom. The maximum Gasteiger partial charge on any atom is 0.124 e. The van der Waals surface area contributed by atoms with E-state index in [1.165, 1.54) is 20.7 Å². The first-order chi connectivity index (χ1) is 17.6. The summed E-state index contributed by atoms with van der Waals surface area (Å²) in [7, 11) is 0. The molecule has 6 rings (SSSR count). The van der Waals surface area contributed by atoms with E-state index in [-0.39, 0.29) is 0 Å². The highest BCUT2D eigenvalue weighted by molar-refractivity contribution is 7.15. The average Bonchev–Trinajstić information content (AvgIpc) is 3.61. The molecule has 0 bridgehead atoms. The maximum absolute atomic E-state index is 10.1. The number of fused-ring (bicyclic) bond motifs is 2. The number of pyridine rings is 2. The zero-order valence-electron chi connectivity index (χ0n) is 20.0. The van der Waals surface area contributed by atoms with Crippen LogP contribution in [0.1, 0.15) is 24.6 Å². The Bertz CT molecular complexity index is 1680. The van der Waals surface area contributed by atoms with Crippen LogP contribution in [0.25, 0.3) is 54.9 Å². The number of nitrogens with zero attached hydrogens (tertiary/aromatic N) is 3. The number of aryl methyl sites for hydroxylation is 1. The van der Waals surface area contributed by atoms with E-state index in [0.29, 0.717) is 6.42 Å². The zero-order valence-corrected chi connectivity index (χ0v) is 20.9. The second-order valence-electron chi connectivity index (χ2n) is 8.96. The lowest BCUT2D eigenvalue weighted by Gasteiger charge is -2.13. The lowest BCUT2D eigenvalue weighted by molar-refractivity contribution is 0.192. The third-order valence-electron chi connectivity index (χ3n) is 6.30. The molecule has 0 saturated carbocycles. The van der Waals surface area contributed by atoms with Gasteiger partial charge in [0.2, 0.25) is 0 Å². The number of rotatable bonds is 7. The van der Waals surface area contributed by atoms with Crippen LogP contribution in [0.15, 0.2) is 67.1 Å². The molecule has 0 aliphatic carbocycles. The van der Waals surface area contributed by atoms with Gasteiger partial charge in [-0.1, -0.05) is 25.5 Å². The van der Waals surface area contributed by atoms with Crippen LogP contribution >= 0.6 is 11.3 Å². The quantitative estimate of drug-likeness (QED) is 0.184. The van der Waals surface area contributed by atoms with Gasteiger partial charge in [-0.2, -0.15) is 5.10 Å². The Morgan fingerprint density at radius 2 is 1.94 bits per heavy atom. The van der Waals surface area contributed by atoms with Crippen LogP contribution in [-0.2, 0) is 0 Å². The van der Waals surface area contributed by atoms with Gasteiger partial charge in [-0.15, -0.1) is 11.3 Å². The molecular weight excluding hydrogens is 468 g/mol. The third kappa shape index (κ3) is 4.14. The van der Waals surface area contributed by atoms with E-state index in [9.17, 15) is 5.11 Å². The standard InChI is InChI=1S/C28H26N6OS/c1-3-5-27(35)31-18-10-17(13-29-14-18)23-12-21-25(15-30-23)33-34-28(21)24-11-20-19(6-4-7-22(20)32-24)26-9-8-16(2)36-26/h4,6-15,27,31-32,35H,3,5H2,1-2H3,(H,33,34). The zero-order chi connectivity index (χ0) is 24.6. The molecule has 0 fully saturated rings. The number of anilines is 1. The second-order valence-corrected chi connectivity index (χ2v) is 10.2. The van der Waals surface area contributed by atoms with E-state index in [0.717, 1.165) is 51.2 Å². The fraction of sp³-hybridized carbons (Fsp3) is 0.179. The summed E-state index contributed by atoms with van der Waals surface area (Å²) in [5.41, 5.74) is 7.37. The summed E-state index contributed by atoms with van der Waals surface area (Å²) in [6, 6.07) is 16.9. The van der Waals surface area contributed by atoms with Crippen molar-refractivity contribution in [3.8, 4) is 33.1 Å². The van der Waals surface area contributed by atoms with Crippen LogP contribution in [-0.4, -0.2) is 36.5 Å². The highest BCUT2D eigenvalue weighted by Gasteiger charge is 2.15. The molecule has 7 nitrogen and oxygen atoms in total. The van der Waals surface area contributed by atoms with Gasteiger partial charge in [0.25, 0.3) is 0 Å². The van der Waals surface area contributed by atoms with Crippen LogP contribution in [0.3, 0.4) is 0 Å². The van der Waals surface area contributed by atoms with Gasteiger partial charge in [0.15, 0.2) is 0 Å². The molecule has 6 aromatic rings. The Morgan fingerprint density at radius 1 is 1.03 bits per heavy atom. The van der Waals surface area contributed by atoms with Gasteiger partial charge in [0.1, 0.15) is 11.9 Å². The third-order valence-corrected chi connectivity index (χ3v) is 7.34. The van der Waals surface area contributed by atoms with Crippen LogP contribution in [0.4, 0.5) is 5.69 Å². The number of hydrogen-bond acceptors (Lipinski definition) is 6. The molecule has 0 aliphatic heterocycles. The van der Waals surface area contributed by atoms with Crippen LogP contribution in [0, 0.1) is 6.92 Å². The molecule has 8 heteroatoms. The van der Waals surface area contributed by atoms with Crippen molar-refractivity contribution in [2.75, 3.05) is 5.32 Å². The number of nitrogens with one attached hydrogen (secondary N) is 3. The minimum absolute atomic E-state index is 0.604. The molecule has 180 valence electrons. The fourth-order valence-corrected chi connectivity index (χ4v) is 5.46. The largest absolute Gasteiger partial charge is 0.374 e. The monoisotopic (exact) mass is 494 g/mol. The topological polar surface area (TPSA) is 103 Å². The Hall–Kier alpha value is -4.01. The highest BCUT2D eigenvalue weighted by Crippen LogP contribution is 2.37. The Balaban J connectivity index is 1.40. The summed E-state index contributed by atoms with van der Waals surface area (Å²) in [5.74, 6) is 0. The first kappa shape index (κ1) is 22.5. The molecular formula is C28H26N6OS. The molecule has 0 saturated heterocycles. The van der Waals surface area contributed by atoms with Gasteiger partial charge >= 0.3 is 0 Å². The van der Waals surface area contributed by atoms with Crippen molar-refractivity contribution in [2.45, 2.75) is 32.9 Å². The van der Waals surface area contributed by atoms with Gasteiger partial charge in [-0.25, -0.2) is 0 Å². The smallest absolute Gasteiger partial charge is 0.124 e. The summed E-state index contributed by atoms with van der Waals surface area (Å²) in [6.45, 7) is 4.17. The number of aliphatic hydroxyl groups excluding tert-OH is 1. The number of aliphatic hydroxyl groups is 1. The molecule has 4 N–H and O–H groups in total. The van der Waals surface area contributed by atoms with Crippen LogP contribution < -0.4 is 5.32 Å². The number of aromatic nitrogens is 5. The molecule has 0 aliphatic rings. The molecule has 0 amide bonds. The number of hydrogen-bond donors (Lipinski definition) is 4. The number of H-pyrrole nitrogens is 2. The van der Waals surface area contributed by atoms with Crippen LogP contribution in [0.2, 0.25) is 0 Å². The minimum atomic E-state index is -0.604. The van der Waals surface area contributed by atoms with Crippen molar-refractivity contribution in [2.24, 2.45) is 0 Å². The average molecular weight is 495 g/mol. The summed E-state index contributed by atoms with van der Waals surface area (Å²) < 4.78 is 0. The van der Waals surface area contributed by atoms with E-state index >= 15 is 0 Å². The molecule has 36 heavy (non-hydrogen) atoms. The van der Waals surface area contributed by atoms with Crippen molar-refractivity contribution in [1.82, 2.24) is 25.1 Å². The fourth-order valence-electron chi connectivity index (χ4n) is 4.55. The highest BCUT2D eigenvalue weighted by atomic mass is 32.1. The normalized spacial score (nSPS) is 12.4. The number of benzene rings is 1. The summed E-state index contributed by atoms with van der Waals surface area (Å²) >= 11 is 1.80. The van der Waals surface area contributed by atoms with E-state index < -0.39 is 6.23 Å². The Labute approximate surface area is 212 Å². The van der Waals surface area contributed by atoms with Crippen molar-refractivity contribution in [1.29, 1.82) is 0 Å². The molecule has 0 spiro atoms. The molecule has 1 atom stereocenters. The molecule has 5 aromatic heterocycles. The lowest BCUT2D eigenvalue weighted by Crippen LogP contribution is -2.18. The van der Waals surface area contributed by atoms with Crippen molar-refractivity contribution in [3.05, 3.63) is 72.0 Å². The summed E-state index contributed by atoms with van der Waals surface area (Å²) in [5, 5.41) is 23.1. The van der Waals surface area contributed by atoms with Crippen molar-refractivity contribution in [3.63, 3.8) is 0 Å². The molecule has 1 aromatic carbocycles. The Kier molecular flexibility index (Phi) is 5.75. The SMILES string of the molecule is CCCC(O)Nc1cncc(-c2cc3c(-c4cc5c(-c6ccc(C)s6)cccc5[nH]4)n[nH]c3cn2)c1. The van der Waals surface area contributed by atoms with Gasteiger partial charge < -0.3 is 15.4 Å². The lowest BCUT2D eigenvalue weighted by atomic mass is 10.1. The van der Waals surface area contributed by atoms with Crippen LogP contribution in [0.5, 0.6) is 0 Å². The molecule has 1 unspecified atom stereocenters. The van der Waals surface area contributed by atoms with E-state index in [4.69, 9.17) is 0 Å². The van der Waals surface area contributed by atoms with Gasteiger partial charge in [-0.3, -0.25) is 15.1 Å². The second kappa shape index (κ2) is 9.22. The predicted molar refractivity (Wildman–Crippen MR) is 147 cm³/mol. The maximum atomic E-state index is 10.1. The van der Waals surface area contributed by atoms with Gasteiger partial charge in [-0.05, 0) is 49.7 Å². The van der Waals surface area contributed by atoms with Gasteiger partial charge in [0.05, 0.1) is 35.0 Å². The van der Waals surface area contributed by atoms with Crippen molar-refractivity contribution >= 4 is 38.8 Å². The predicted octanol–water partition coefficient (Wildman–Crippen LogP) is 6.74. The van der Waals surface area contributed by atoms with Gasteiger partial charge in [0, 0.05) is 43.4 Å². The summed E-state index contributed by atoms with van der Waals surface area (Å²) in [4.78, 5) is 15.1. The first-order valence-electron chi connectivity index (χ1n) is 12.0. The minimum Gasteiger partial charge on any atom is -0.374 e. The molecule has 0 radical (unpaired) electrons. The first-order valence-corrected chi connectivity index (χ1v) is 12.8. The molecule has 5 heterocycles. The van der Waals surface area contributed by atoms with E-state index in [2.05, 4.69) is 73.8 Å². The van der Waals surface area contributed by atoms with E-state index in [1.807, 2.05) is 19.1 Å². The van der Waals surface area contributed by atoms with E-state index in [1.54, 1.807) is 29.9 Å². The number of aromatic amines is 2. The summed E-state index contributed by atoms with van der Waals surface area (Å²) in [6.07, 6.45) is 6.25.